The Hall–Kier alpha value is -2.70. The molecule has 6 nitrogen and oxygen atoms in total. The molecule has 0 aliphatic carbocycles. The second-order valence-electron chi connectivity index (χ2n) is 7.14. The van der Waals surface area contributed by atoms with Gasteiger partial charge in [0.05, 0.1) is 34.2 Å². The summed E-state index contributed by atoms with van der Waals surface area (Å²) in [6.07, 6.45) is 0. The monoisotopic (exact) mass is 444 g/mol. The predicted octanol–water partition coefficient (Wildman–Crippen LogP) is 4.46. The molecule has 4 rings (SSSR count). The standard InChI is InChI=1S/C22H22Cl2N4O2/c1-15-13-20(28(25-15)16-5-3-6-17(14-16)30-2)22(29)27-11-9-26(10-12-27)19-8-4-7-18(23)21(19)24/h3-8,13-14H,9-12H2,1-2H3. The molecule has 2 aromatic carbocycles. The summed E-state index contributed by atoms with van der Waals surface area (Å²) in [5.41, 5.74) is 3.00. The van der Waals surface area contributed by atoms with Crippen LogP contribution < -0.4 is 9.64 Å². The second-order valence-corrected chi connectivity index (χ2v) is 7.92. The van der Waals surface area contributed by atoms with Gasteiger partial charge < -0.3 is 14.5 Å². The maximum absolute atomic E-state index is 13.3. The third-order valence-electron chi connectivity index (χ3n) is 5.19. The molecule has 0 bridgehead atoms. The minimum atomic E-state index is -0.0461. The van der Waals surface area contributed by atoms with Crippen molar-refractivity contribution in [1.82, 2.24) is 14.7 Å². The van der Waals surface area contributed by atoms with Gasteiger partial charge in [0.1, 0.15) is 11.4 Å². The van der Waals surface area contributed by atoms with Gasteiger partial charge in [0.25, 0.3) is 5.91 Å². The van der Waals surface area contributed by atoms with Gasteiger partial charge in [0, 0.05) is 32.2 Å². The zero-order valence-corrected chi connectivity index (χ0v) is 18.3. The Morgan fingerprint density at radius 2 is 1.77 bits per heavy atom. The quantitative estimate of drug-likeness (QED) is 0.595. The summed E-state index contributed by atoms with van der Waals surface area (Å²) in [7, 11) is 1.62. The van der Waals surface area contributed by atoms with Crippen LogP contribution in [0.15, 0.2) is 48.5 Å². The smallest absolute Gasteiger partial charge is 0.272 e. The van der Waals surface area contributed by atoms with E-state index in [0.29, 0.717) is 47.7 Å². The average Bonchev–Trinajstić information content (AvgIpc) is 3.17. The van der Waals surface area contributed by atoms with Gasteiger partial charge in [-0.05, 0) is 37.3 Å². The number of hydrogen-bond donors (Lipinski definition) is 0. The highest BCUT2D eigenvalue weighted by Crippen LogP contribution is 2.33. The van der Waals surface area contributed by atoms with E-state index >= 15 is 0 Å². The first-order valence-corrected chi connectivity index (χ1v) is 10.4. The zero-order valence-electron chi connectivity index (χ0n) is 16.8. The fourth-order valence-corrected chi connectivity index (χ4v) is 4.06. The SMILES string of the molecule is COc1cccc(-n2nc(C)cc2C(=O)N2CCN(c3cccc(Cl)c3Cl)CC2)c1. The van der Waals surface area contributed by atoms with Crippen molar-refractivity contribution in [1.29, 1.82) is 0 Å². The number of aromatic nitrogens is 2. The van der Waals surface area contributed by atoms with Gasteiger partial charge in [0.2, 0.25) is 0 Å². The molecule has 0 radical (unpaired) electrons. The van der Waals surface area contributed by atoms with Crippen LogP contribution >= 0.6 is 23.2 Å². The van der Waals surface area contributed by atoms with E-state index in [1.165, 1.54) is 0 Å². The number of methoxy groups -OCH3 is 1. The van der Waals surface area contributed by atoms with Crippen LogP contribution in [0, 0.1) is 6.92 Å². The first-order valence-electron chi connectivity index (χ1n) is 9.67. The summed E-state index contributed by atoms with van der Waals surface area (Å²) in [5.74, 6) is 0.668. The molecule has 8 heteroatoms. The third-order valence-corrected chi connectivity index (χ3v) is 6.00. The number of hydrogen-bond acceptors (Lipinski definition) is 4. The molecule has 1 aliphatic heterocycles. The molecule has 0 N–H and O–H groups in total. The maximum atomic E-state index is 13.3. The van der Waals surface area contributed by atoms with Gasteiger partial charge in [-0.3, -0.25) is 4.79 Å². The van der Waals surface area contributed by atoms with Crippen molar-refractivity contribution in [3.63, 3.8) is 0 Å². The maximum Gasteiger partial charge on any atom is 0.272 e. The van der Waals surface area contributed by atoms with E-state index in [0.717, 1.165) is 17.1 Å². The Balaban J connectivity index is 1.53. The highest BCUT2D eigenvalue weighted by molar-refractivity contribution is 6.43. The van der Waals surface area contributed by atoms with Gasteiger partial charge in [-0.2, -0.15) is 5.10 Å². The summed E-state index contributed by atoms with van der Waals surface area (Å²) >= 11 is 12.5. The van der Waals surface area contributed by atoms with E-state index in [1.807, 2.05) is 54.3 Å². The van der Waals surface area contributed by atoms with E-state index in [1.54, 1.807) is 17.9 Å². The Bertz CT molecular complexity index is 1070. The van der Waals surface area contributed by atoms with Crippen molar-refractivity contribution in [2.24, 2.45) is 0 Å². The number of aryl methyl sites for hydroxylation is 1. The van der Waals surface area contributed by atoms with Crippen LogP contribution in [0.1, 0.15) is 16.2 Å². The number of nitrogens with zero attached hydrogens (tertiary/aromatic N) is 4. The fraction of sp³-hybridized carbons (Fsp3) is 0.273. The number of halogens is 2. The van der Waals surface area contributed by atoms with Crippen molar-refractivity contribution in [3.8, 4) is 11.4 Å². The molecule has 0 atom stereocenters. The molecule has 30 heavy (non-hydrogen) atoms. The Morgan fingerprint density at radius 1 is 1.03 bits per heavy atom. The first-order chi connectivity index (χ1) is 14.5. The van der Waals surface area contributed by atoms with Gasteiger partial charge >= 0.3 is 0 Å². The molecule has 1 saturated heterocycles. The van der Waals surface area contributed by atoms with Gasteiger partial charge in [0.15, 0.2) is 0 Å². The van der Waals surface area contributed by atoms with Gasteiger partial charge in [-0.15, -0.1) is 0 Å². The summed E-state index contributed by atoms with van der Waals surface area (Å²) in [6.45, 7) is 4.41. The van der Waals surface area contributed by atoms with Crippen molar-refractivity contribution >= 4 is 34.8 Å². The number of rotatable bonds is 4. The third kappa shape index (κ3) is 3.98. The second kappa shape index (κ2) is 8.58. The Labute approximate surface area is 185 Å². The minimum Gasteiger partial charge on any atom is -0.497 e. The van der Waals surface area contributed by atoms with E-state index < -0.39 is 0 Å². The van der Waals surface area contributed by atoms with Crippen LogP contribution in [-0.2, 0) is 0 Å². The summed E-state index contributed by atoms with van der Waals surface area (Å²) in [6, 6.07) is 14.9. The Kier molecular flexibility index (Phi) is 5.88. The number of amides is 1. The summed E-state index contributed by atoms with van der Waals surface area (Å²) < 4.78 is 6.99. The van der Waals surface area contributed by atoms with Gasteiger partial charge in [-0.25, -0.2) is 4.68 Å². The lowest BCUT2D eigenvalue weighted by atomic mass is 10.2. The van der Waals surface area contributed by atoms with Crippen LogP contribution in [0.25, 0.3) is 5.69 Å². The van der Waals surface area contributed by atoms with Crippen molar-refractivity contribution in [2.45, 2.75) is 6.92 Å². The molecule has 0 unspecified atom stereocenters. The summed E-state index contributed by atoms with van der Waals surface area (Å²) in [4.78, 5) is 17.3. The first kappa shape index (κ1) is 20.6. The Morgan fingerprint density at radius 3 is 2.50 bits per heavy atom. The zero-order chi connectivity index (χ0) is 21.3. The number of benzene rings is 2. The predicted molar refractivity (Wildman–Crippen MR) is 119 cm³/mol. The molecular formula is C22H22Cl2N4O2. The largest absolute Gasteiger partial charge is 0.497 e. The van der Waals surface area contributed by atoms with Crippen LogP contribution in [0.2, 0.25) is 10.0 Å². The molecule has 1 aromatic heterocycles. The lowest BCUT2D eigenvalue weighted by Crippen LogP contribution is -2.49. The van der Waals surface area contributed by atoms with Crippen molar-refractivity contribution in [3.05, 3.63) is 70.0 Å². The molecule has 0 saturated carbocycles. The minimum absolute atomic E-state index is 0.0461. The molecule has 0 spiro atoms. The van der Waals surface area contributed by atoms with E-state index in [9.17, 15) is 4.79 Å². The molecule has 2 heterocycles. The number of piperazine rings is 1. The molecule has 1 aliphatic rings. The van der Waals surface area contributed by atoms with Crippen LogP contribution in [0.5, 0.6) is 5.75 Å². The van der Waals surface area contributed by atoms with Crippen molar-refractivity contribution < 1.29 is 9.53 Å². The highest BCUT2D eigenvalue weighted by atomic mass is 35.5. The van der Waals surface area contributed by atoms with Crippen LogP contribution in [0.3, 0.4) is 0 Å². The molecule has 156 valence electrons. The number of carbonyl (C=O) groups is 1. The van der Waals surface area contributed by atoms with E-state index in [-0.39, 0.29) is 5.91 Å². The molecule has 3 aromatic rings. The average molecular weight is 445 g/mol. The lowest BCUT2D eigenvalue weighted by Gasteiger charge is -2.36. The lowest BCUT2D eigenvalue weighted by molar-refractivity contribution is 0.0737. The highest BCUT2D eigenvalue weighted by Gasteiger charge is 2.26. The molecule has 1 amide bonds. The fourth-order valence-electron chi connectivity index (χ4n) is 3.64. The number of anilines is 1. The number of carbonyl (C=O) groups excluding carboxylic acids is 1. The van der Waals surface area contributed by atoms with E-state index in [4.69, 9.17) is 27.9 Å². The number of ether oxygens (including phenoxy) is 1. The van der Waals surface area contributed by atoms with Crippen LogP contribution in [-0.4, -0.2) is 53.9 Å². The normalized spacial score (nSPS) is 14.1. The van der Waals surface area contributed by atoms with Gasteiger partial charge in [-0.1, -0.05) is 35.3 Å². The van der Waals surface area contributed by atoms with E-state index in [2.05, 4.69) is 10.00 Å². The van der Waals surface area contributed by atoms with Crippen molar-refractivity contribution in [2.75, 3.05) is 38.2 Å². The topological polar surface area (TPSA) is 50.6 Å². The summed E-state index contributed by atoms with van der Waals surface area (Å²) in [5, 5.41) is 5.61. The molecular weight excluding hydrogens is 423 g/mol. The van der Waals surface area contributed by atoms with Crippen LogP contribution in [0.4, 0.5) is 5.69 Å². The molecule has 1 fully saturated rings.